The molecule has 4 rings (SSSR count). The maximum Gasteiger partial charge on any atom is 0.228 e. The number of hydrogen-bond donors (Lipinski definition) is 0. The summed E-state index contributed by atoms with van der Waals surface area (Å²) in [5.74, 6) is -0.136. The highest BCUT2D eigenvalue weighted by atomic mass is 35.5. The van der Waals surface area contributed by atoms with E-state index in [-0.39, 0.29) is 16.7 Å². The molecule has 0 aliphatic heterocycles. The van der Waals surface area contributed by atoms with Crippen molar-refractivity contribution >= 4 is 33.2 Å². The molecule has 30 heavy (non-hydrogen) atoms. The first kappa shape index (κ1) is 20.5. The van der Waals surface area contributed by atoms with Crippen LogP contribution in [0.2, 0.25) is 5.02 Å². The lowest BCUT2D eigenvalue weighted by Gasteiger charge is -2.01. The van der Waals surface area contributed by atoms with Gasteiger partial charge >= 0.3 is 0 Å². The molecule has 0 spiro atoms. The van der Waals surface area contributed by atoms with Crippen LogP contribution in [0.15, 0.2) is 74.3 Å². The number of hydrogen-bond acceptors (Lipinski definition) is 8. The van der Waals surface area contributed by atoms with Gasteiger partial charge < -0.3 is 4.42 Å². The summed E-state index contributed by atoms with van der Waals surface area (Å²) in [4.78, 5) is 8.70. The van der Waals surface area contributed by atoms with Crippen LogP contribution in [0.5, 0.6) is 0 Å². The Balaban J connectivity index is 1.78. The minimum Gasteiger partial charge on any atom is -0.429 e. The van der Waals surface area contributed by atoms with Gasteiger partial charge in [0.25, 0.3) is 0 Å². The Morgan fingerprint density at radius 2 is 1.80 bits per heavy atom. The van der Waals surface area contributed by atoms with E-state index in [1.165, 1.54) is 42.2 Å². The average Bonchev–Trinajstić information content (AvgIpc) is 3.13. The molecule has 0 N–H and O–H groups in total. The van der Waals surface area contributed by atoms with E-state index in [1.807, 2.05) is 0 Å². The molecule has 11 heteroatoms. The minimum absolute atomic E-state index is 0.151. The molecule has 0 saturated carbocycles. The van der Waals surface area contributed by atoms with Gasteiger partial charge in [-0.2, -0.15) is 0 Å². The number of rotatable bonds is 5. The second kappa shape index (κ2) is 8.13. The van der Waals surface area contributed by atoms with E-state index in [4.69, 9.17) is 16.0 Å². The van der Waals surface area contributed by atoms with Crippen LogP contribution in [-0.4, -0.2) is 34.8 Å². The van der Waals surface area contributed by atoms with Crippen LogP contribution in [-0.2, 0) is 9.84 Å². The van der Waals surface area contributed by atoms with Crippen molar-refractivity contribution in [3.05, 3.63) is 65.6 Å². The van der Waals surface area contributed by atoms with Crippen LogP contribution in [0, 0.1) is 5.82 Å². The van der Waals surface area contributed by atoms with E-state index >= 15 is 0 Å². The first-order valence-electron chi connectivity index (χ1n) is 8.40. The van der Waals surface area contributed by atoms with E-state index in [1.54, 1.807) is 24.3 Å². The molecule has 3 heterocycles. The Labute approximate surface area is 180 Å². The first-order valence-corrected chi connectivity index (χ1v) is 11.5. The lowest BCUT2D eigenvalue weighted by atomic mass is 10.2. The number of nitrogens with zero attached hydrogens (tertiary/aromatic N) is 4. The Morgan fingerprint density at radius 3 is 2.40 bits per heavy atom. The fraction of sp³-hybridized carbons (Fsp3) is 0.0526. The third kappa shape index (κ3) is 4.50. The molecule has 3 aromatic heterocycles. The molecule has 4 aromatic rings. The zero-order chi connectivity index (χ0) is 21.3. The Hall–Kier alpha value is -2.82. The van der Waals surface area contributed by atoms with Crippen molar-refractivity contribution in [3.63, 3.8) is 0 Å². The highest BCUT2D eigenvalue weighted by molar-refractivity contribution is 7.99. The molecule has 0 bridgehead atoms. The van der Waals surface area contributed by atoms with Gasteiger partial charge in [0.05, 0.1) is 5.02 Å². The highest BCUT2D eigenvalue weighted by Gasteiger charge is 2.20. The van der Waals surface area contributed by atoms with E-state index in [0.717, 1.165) is 6.26 Å². The fourth-order valence-electron chi connectivity index (χ4n) is 2.41. The maximum absolute atomic E-state index is 13.3. The molecular formula is C19H12ClFN4O3S2. The zero-order valence-electron chi connectivity index (χ0n) is 15.3. The van der Waals surface area contributed by atoms with E-state index < -0.39 is 9.84 Å². The second-order valence-corrected chi connectivity index (χ2v) is 9.50. The summed E-state index contributed by atoms with van der Waals surface area (Å²) in [7, 11) is -3.49. The van der Waals surface area contributed by atoms with Crippen LogP contribution >= 0.6 is 23.4 Å². The average molecular weight is 463 g/mol. The summed E-state index contributed by atoms with van der Waals surface area (Å²) in [6.07, 6.45) is 2.55. The highest BCUT2D eigenvalue weighted by Crippen LogP contribution is 2.37. The van der Waals surface area contributed by atoms with Crippen LogP contribution in [0.3, 0.4) is 0 Å². The number of halogens is 2. The minimum atomic E-state index is -3.49. The Morgan fingerprint density at radius 1 is 1.03 bits per heavy atom. The van der Waals surface area contributed by atoms with Crippen molar-refractivity contribution in [3.8, 4) is 22.8 Å². The van der Waals surface area contributed by atoms with Gasteiger partial charge in [0, 0.05) is 18.0 Å². The van der Waals surface area contributed by atoms with Crippen molar-refractivity contribution in [1.29, 1.82) is 0 Å². The molecule has 0 atom stereocenters. The fourth-order valence-corrected chi connectivity index (χ4v) is 3.83. The lowest BCUT2D eigenvalue weighted by molar-refractivity contribution is 0.485. The number of benzene rings is 1. The summed E-state index contributed by atoms with van der Waals surface area (Å²) in [5.41, 5.74) is 1.23. The quantitative estimate of drug-likeness (QED) is 0.426. The topological polar surface area (TPSA) is 98.8 Å². The summed E-state index contributed by atoms with van der Waals surface area (Å²) >= 11 is 7.07. The van der Waals surface area contributed by atoms with Gasteiger partial charge in [-0.25, -0.2) is 22.8 Å². The second-order valence-electron chi connectivity index (χ2n) is 6.11. The van der Waals surface area contributed by atoms with Gasteiger partial charge in [0.15, 0.2) is 20.0 Å². The molecule has 0 aliphatic carbocycles. The number of sulfone groups is 1. The van der Waals surface area contributed by atoms with E-state index in [0.29, 0.717) is 32.1 Å². The number of oxazole rings is 1. The maximum atomic E-state index is 13.3. The summed E-state index contributed by atoms with van der Waals surface area (Å²) in [6.45, 7) is 0. The van der Waals surface area contributed by atoms with Crippen molar-refractivity contribution in [2.45, 2.75) is 15.1 Å². The van der Waals surface area contributed by atoms with Gasteiger partial charge in [0.1, 0.15) is 22.2 Å². The van der Waals surface area contributed by atoms with Crippen molar-refractivity contribution in [2.75, 3.05) is 6.26 Å². The molecule has 0 amide bonds. The first-order chi connectivity index (χ1) is 14.3. The van der Waals surface area contributed by atoms with Gasteiger partial charge in [-0.15, -0.1) is 10.2 Å². The smallest absolute Gasteiger partial charge is 0.228 e. The van der Waals surface area contributed by atoms with Crippen LogP contribution in [0.4, 0.5) is 4.39 Å². The molecule has 0 aliphatic rings. The number of aromatic nitrogens is 4. The summed E-state index contributed by atoms with van der Waals surface area (Å²) in [6, 6.07) is 11.9. The van der Waals surface area contributed by atoms with Crippen LogP contribution in [0.1, 0.15) is 0 Å². The molecule has 0 unspecified atom stereocenters. The molecule has 152 valence electrons. The Kier molecular flexibility index (Phi) is 5.54. The summed E-state index contributed by atoms with van der Waals surface area (Å²) < 4.78 is 42.4. The largest absolute Gasteiger partial charge is 0.429 e. The molecule has 0 fully saturated rings. The standard InChI is InChI=1S/C19H12ClFN4O3S2/c1-30(26,27)16-9-7-14(24-25-16)17-19(29-15-8-4-12(20)10-22-15)28-18(23-17)11-2-5-13(21)6-3-11/h2-10H,1H3. The monoisotopic (exact) mass is 462 g/mol. The summed E-state index contributed by atoms with van der Waals surface area (Å²) in [5, 5.41) is 9.06. The van der Waals surface area contributed by atoms with Gasteiger partial charge in [0.2, 0.25) is 5.89 Å². The van der Waals surface area contributed by atoms with Crippen molar-refractivity contribution in [2.24, 2.45) is 0 Å². The zero-order valence-corrected chi connectivity index (χ0v) is 17.7. The third-order valence-corrected chi connectivity index (χ3v) is 5.96. The lowest BCUT2D eigenvalue weighted by Crippen LogP contribution is -2.02. The van der Waals surface area contributed by atoms with Crippen LogP contribution in [0.25, 0.3) is 22.8 Å². The molecular weight excluding hydrogens is 451 g/mol. The van der Waals surface area contributed by atoms with Crippen molar-refractivity contribution in [1.82, 2.24) is 20.2 Å². The van der Waals surface area contributed by atoms with Gasteiger partial charge in [-0.3, -0.25) is 0 Å². The van der Waals surface area contributed by atoms with E-state index in [2.05, 4.69) is 20.2 Å². The molecule has 1 aromatic carbocycles. The third-order valence-electron chi connectivity index (χ3n) is 3.85. The molecule has 7 nitrogen and oxygen atoms in total. The Bertz CT molecular complexity index is 1290. The van der Waals surface area contributed by atoms with Crippen LogP contribution < -0.4 is 0 Å². The SMILES string of the molecule is CS(=O)(=O)c1ccc(-c2nc(-c3ccc(F)cc3)oc2Sc2ccc(Cl)cn2)nn1. The predicted octanol–water partition coefficient (Wildman–Crippen LogP) is 4.54. The van der Waals surface area contributed by atoms with Gasteiger partial charge in [-0.1, -0.05) is 11.6 Å². The molecule has 0 radical (unpaired) electrons. The molecule has 0 saturated heterocycles. The van der Waals surface area contributed by atoms with Crippen molar-refractivity contribution < 1.29 is 17.2 Å². The normalized spacial score (nSPS) is 11.6. The van der Waals surface area contributed by atoms with E-state index in [9.17, 15) is 12.8 Å². The van der Waals surface area contributed by atoms with Gasteiger partial charge in [-0.05, 0) is 60.3 Å². The predicted molar refractivity (Wildman–Crippen MR) is 109 cm³/mol. The number of pyridine rings is 1.